The smallest absolute Gasteiger partial charge is 0.253 e. The number of carbonyl (C=O) groups excluding carboxylic acids is 2. The lowest BCUT2D eigenvalue weighted by Crippen LogP contribution is -2.33. The average Bonchev–Trinajstić information content (AvgIpc) is 3.19. The van der Waals surface area contributed by atoms with Crippen LogP contribution in [0, 0.1) is 0 Å². The third-order valence-electron chi connectivity index (χ3n) is 5.22. The molecule has 1 heterocycles. The highest BCUT2D eigenvalue weighted by Crippen LogP contribution is 2.28. The van der Waals surface area contributed by atoms with Gasteiger partial charge in [-0.05, 0) is 50.8 Å². The van der Waals surface area contributed by atoms with E-state index >= 15 is 0 Å². The van der Waals surface area contributed by atoms with E-state index in [1.54, 1.807) is 0 Å². The molecule has 0 bridgehead atoms. The van der Waals surface area contributed by atoms with Crippen LogP contribution in [-0.4, -0.2) is 30.9 Å². The highest BCUT2D eigenvalue weighted by molar-refractivity contribution is 6.02. The van der Waals surface area contributed by atoms with Gasteiger partial charge in [0.05, 0.1) is 5.56 Å². The van der Waals surface area contributed by atoms with Crippen molar-refractivity contribution in [1.82, 2.24) is 5.32 Å². The maximum Gasteiger partial charge on any atom is 0.253 e. The molecule has 1 aromatic carbocycles. The number of nitrogens with one attached hydrogen (secondary N) is 2. The Balaban J connectivity index is 2.11. The molecule has 1 unspecified atom stereocenters. The quantitative estimate of drug-likeness (QED) is 0.583. The first kappa shape index (κ1) is 21.3. The summed E-state index contributed by atoms with van der Waals surface area (Å²) in [5, 5.41) is 6.02. The minimum Gasteiger partial charge on any atom is -0.371 e. The third kappa shape index (κ3) is 6.56. The molecule has 0 saturated carbocycles. The SMILES string of the molecule is CCCCCCC(=O)Nc1ccc(N2CCCC2)c(C(=O)NC(C)CC)c1. The molecule has 0 spiro atoms. The van der Waals surface area contributed by atoms with Gasteiger partial charge in [-0.25, -0.2) is 0 Å². The van der Waals surface area contributed by atoms with Crippen LogP contribution in [0.25, 0.3) is 0 Å². The summed E-state index contributed by atoms with van der Waals surface area (Å²) in [5.74, 6) is -0.0430. The van der Waals surface area contributed by atoms with E-state index < -0.39 is 0 Å². The van der Waals surface area contributed by atoms with E-state index in [0.717, 1.165) is 63.7 Å². The fraction of sp³-hybridized carbons (Fsp3) is 0.636. The van der Waals surface area contributed by atoms with E-state index in [-0.39, 0.29) is 17.9 Å². The van der Waals surface area contributed by atoms with Gasteiger partial charge in [0.15, 0.2) is 0 Å². The van der Waals surface area contributed by atoms with Crippen molar-refractivity contribution in [1.29, 1.82) is 0 Å². The van der Waals surface area contributed by atoms with E-state index in [0.29, 0.717) is 17.7 Å². The average molecular weight is 374 g/mol. The Morgan fingerprint density at radius 3 is 2.52 bits per heavy atom. The summed E-state index contributed by atoms with van der Waals surface area (Å²) < 4.78 is 0. The number of hydrogen-bond donors (Lipinski definition) is 2. The predicted molar refractivity (Wildman–Crippen MR) is 112 cm³/mol. The van der Waals surface area contributed by atoms with Crippen molar-refractivity contribution < 1.29 is 9.59 Å². The Morgan fingerprint density at radius 1 is 1.11 bits per heavy atom. The molecule has 1 aromatic rings. The molecular weight excluding hydrogens is 338 g/mol. The summed E-state index contributed by atoms with van der Waals surface area (Å²) >= 11 is 0. The number of carbonyl (C=O) groups is 2. The maximum atomic E-state index is 12.8. The van der Waals surface area contributed by atoms with E-state index in [1.807, 2.05) is 25.1 Å². The van der Waals surface area contributed by atoms with Crippen molar-refractivity contribution in [3.63, 3.8) is 0 Å². The predicted octanol–water partition coefficient (Wildman–Crippen LogP) is 4.72. The summed E-state index contributed by atoms with van der Waals surface area (Å²) in [7, 11) is 0. The molecule has 5 nitrogen and oxygen atoms in total. The van der Waals surface area contributed by atoms with Crippen LogP contribution in [0.2, 0.25) is 0 Å². The van der Waals surface area contributed by atoms with E-state index in [1.165, 1.54) is 0 Å². The van der Waals surface area contributed by atoms with Gasteiger partial charge in [-0.1, -0.05) is 33.1 Å². The Morgan fingerprint density at radius 2 is 1.85 bits per heavy atom. The fourth-order valence-corrected chi connectivity index (χ4v) is 3.37. The van der Waals surface area contributed by atoms with Crippen molar-refractivity contribution in [2.45, 2.75) is 78.2 Å². The zero-order chi connectivity index (χ0) is 19.6. The summed E-state index contributed by atoms with van der Waals surface area (Å²) in [6.07, 6.45) is 8.05. The van der Waals surface area contributed by atoms with Crippen molar-refractivity contribution in [2.24, 2.45) is 0 Å². The lowest BCUT2D eigenvalue weighted by atomic mass is 10.1. The monoisotopic (exact) mass is 373 g/mol. The van der Waals surface area contributed by atoms with Crippen molar-refractivity contribution >= 4 is 23.2 Å². The maximum absolute atomic E-state index is 12.8. The van der Waals surface area contributed by atoms with E-state index in [9.17, 15) is 9.59 Å². The minimum atomic E-state index is -0.0645. The zero-order valence-electron chi connectivity index (χ0n) is 17.1. The molecule has 0 radical (unpaired) electrons. The highest BCUT2D eigenvalue weighted by Gasteiger charge is 2.21. The molecular formula is C22H35N3O2. The van der Waals surface area contributed by atoms with Crippen LogP contribution in [0.5, 0.6) is 0 Å². The summed E-state index contributed by atoms with van der Waals surface area (Å²) in [6.45, 7) is 8.18. The molecule has 2 rings (SSSR count). The number of nitrogens with zero attached hydrogens (tertiary/aromatic N) is 1. The first-order valence-corrected chi connectivity index (χ1v) is 10.5. The van der Waals surface area contributed by atoms with Gasteiger partial charge in [0.2, 0.25) is 5.91 Å². The van der Waals surface area contributed by atoms with Crippen molar-refractivity contribution in [3.8, 4) is 0 Å². The topological polar surface area (TPSA) is 61.4 Å². The van der Waals surface area contributed by atoms with Crippen LogP contribution in [0.1, 0.15) is 82.5 Å². The molecule has 27 heavy (non-hydrogen) atoms. The number of rotatable bonds is 10. The van der Waals surface area contributed by atoms with Gasteiger partial charge < -0.3 is 15.5 Å². The molecule has 1 fully saturated rings. The first-order valence-electron chi connectivity index (χ1n) is 10.5. The molecule has 1 aliphatic rings. The van der Waals surface area contributed by atoms with Crippen LogP contribution in [-0.2, 0) is 4.79 Å². The lowest BCUT2D eigenvalue weighted by Gasteiger charge is -2.23. The summed E-state index contributed by atoms with van der Waals surface area (Å²) in [4.78, 5) is 27.3. The number of amides is 2. The zero-order valence-corrected chi connectivity index (χ0v) is 17.1. The fourth-order valence-electron chi connectivity index (χ4n) is 3.37. The number of anilines is 2. The van der Waals surface area contributed by atoms with Crippen LogP contribution in [0.3, 0.4) is 0 Å². The Labute approximate surface area is 163 Å². The second-order valence-electron chi connectivity index (χ2n) is 7.57. The molecule has 2 amide bonds. The van der Waals surface area contributed by atoms with Crippen LogP contribution < -0.4 is 15.5 Å². The lowest BCUT2D eigenvalue weighted by molar-refractivity contribution is -0.116. The molecule has 1 atom stereocenters. The third-order valence-corrected chi connectivity index (χ3v) is 5.22. The van der Waals surface area contributed by atoms with Gasteiger partial charge in [-0.15, -0.1) is 0 Å². The Bertz CT molecular complexity index is 624. The molecule has 0 aromatic heterocycles. The summed E-state index contributed by atoms with van der Waals surface area (Å²) in [6, 6.07) is 5.84. The van der Waals surface area contributed by atoms with E-state index in [4.69, 9.17) is 0 Å². The molecule has 0 aliphatic carbocycles. The molecule has 1 saturated heterocycles. The van der Waals surface area contributed by atoms with Crippen molar-refractivity contribution in [3.05, 3.63) is 23.8 Å². The van der Waals surface area contributed by atoms with Crippen LogP contribution in [0.15, 0.2) is 18.2 Å². The first-order chi connectivity index (χ1) is 13.0. The number of unbranched alkanes of at least 4 members (excludes halogenated alkanes) is 3. The molecule has 150 valence electrons. The largest absolute Gasteiger partial charge is 0.371 e. The molecule has 1 aliphatic heterocycles. The van der Waals surface area contributed by atoms with Gasteiger partial charge in [-0.2, -0.15) is 0 Å². The van der Waals surface area contributed by atoms with Gasteiger partial charge in [-0.3, -0.25) is 9.59 Å². The Kier molecular flexibility index (Phi) is 8.62. The Hall–Kier alpha value is -2.04. The molecule has 5 heteroatoms. The molecule has 2 N–H and O–H groups in total. The van der Waals surface area contributed by atoms with Crippen molar-refractivity contribution in [2.75, 3.05) is 23.3 Å². The van der Waals surface area contributed by atoms with Gasteiger partial charge >= 0.3 is 0 Å². The second-order valence-corrected chi connectivity index (χ2v) is 7.57. The normalized spacial score (nSPS) is 14.9. The second kappa shape index (κ2) is 11.0. The van der Waals surface area contributed by atoms with Crippen LogP contribution in [0.4, 0.5) is 11.4 Å². The van der Waals surface area contributed by atoms with Gasteiger partial charge in [0, 0.05) is 36.9 Å². The number of hydrogen-bond acceptors (Lipinski definition) is 3. The van der Waals surface area contributed by atoms with E-state index in [2.05, 4.69) is 29.4 Å². The minimum absolute atomic E-state index is 0.0216. The number of benzene rings is 1. The highest BCUT2D eigenvalue weighted by atomic mass is 16.2. The van der Waals surface area contributed by atoms with Gasteiger partial charge in [0.25, 0.3) is 5.91 Å². The van der Waals surface area contributed by atoms with Gasteiger partial charge in [0.1, 0.15) is 0 Å². The van der Waals surface area contributed by atoms with Crippen LogP contribution >= 0.6 is 0 Å². The summed E-state index contributed by atoms with van der Waals surface area (Å²) in [5.41, 5.74) is 2.32. The standard InChI is InChI=1S/C22H35N3O2/c1-4-6-7-8-11-21(26)24-18-12-13-20(25-14-9-10-15-25)19(16-18)22(27)23-17(3)5-2/h12-13,16-17H,4-11,14-15H2,1-3H3,(H,23,27)(H,24,26).